The lowest BCUT2D eigenvalue weighted by molar-refractivity contribution is -0.161. The van der Waals surface area contributed by atoms with Crippen LogP contribution < -0.4 is 15.1 Å². The Morgan fingerprint density at radius 1 is 1.06 bits per heavy atom. The Balaban J connectivity index is 1.51. The van der Waals surface area contributed by atoms with Gasteiger partial charge in [-0.1, -0.05) is 62.8 Å². The van der Waals surface area contributed by atoms with Crippen molar-refractivity contribution in [2.75, 3.05) is 42.6 Å². The van der Waals surface area contributed by atoms with E-state index in [0.29, 0.717) is 36.9 Å². The summed E-state index contributed by atoms with van der Waals surface area (Å²) in [5.74, 6) is -3.67. The minimum atomic E-state index is -1.30. The van der Waals surface area contributed by atoms with Crippen LogP contribution in [0.4, 0.5) is 11.4 Å². The maximum atomic E-state index is 15.1. The SMILES string of the molecule is C=CCCC(=O)NC[C@@H](OC(=O)[C@@H]1[C@H]2C(=O)N([C@@H](CO)[C@@H](C)CC)[C@H](C(=O)N(CC=C)c3ccc(N(CC)CC)cc3)[C@]23CC[C@H]1O3)c1ccccc1. The van der Waals surface area contributed by atoms with Crippen molar-refractivity contribution in [3.63, 3.8) is 0 Å². The zero-order chi connectivity index (χ0) is 38.3. The van der Waals surface area contributed by atoms with Crippen LogP contribution in [0.5, 0.6) is 0 Å². The summed E-state index contributed by atoms with van der Waals surface area (Å²) >= 11 is 0. The molecule has 53 heavy (non-hydrogen) atoms. The Kier molecular flexibility index (Phi) is 13.2. The topological polar surface area (TPSA) is 129 Å². The highest BCUT2D eigenvalue weighted by molar-refractivity contribution is 6.05. The first-order valence-electron chi connectivity index (χ1n) is 19.1. The molecule has 286 valence electrons. The standard InChI is InChI=1S/C42H56N4O7/c1-7-12-18-35(48)43-26-34(29-16-14-13-15-17-29)52-41(51)36-33-23-24-42(53-33)37(36)39(49)46(32(27-47)28(6)9-3)38(42)40(50)45(25-8-2)31-21-19-30(20-22-31)44(10-4)11-5/h7-8,13-17,19-22,28,32-34,36-38,47H,1-2,9-12,18,23-27H2,3-6H3,(H,43,48)/t28-,32-,33+,34+,36-,37-,38+,42-/m0/s1. The molecule has 11 nitrogen and oxygen atoms in total. The van der Waals surface area contributed by atoms with E-state index in [1.165, 1.54) is 4.90 Å². The van der Waals surface area contributed by atoms with Gasteiger partial charge in [-0.05, 0) is 68.9 Å². The van der Waals surface area contributed by atoms with Crippen LogP contribution in [0.15, 0.2) is 79.9 Å². The van der Waals surface area contributed by atoms with E-state index in [-0.39, 0.29) is 43.8 Å². The van der Waals surface area contributed by atoms with Crippen molar-refractivity contribution in [1.82, 2.24) is 10.2 Å². The molecular formula is C42H56N4O7. The lowest BCUT2D eigenvalue weighted by atomic mass is 9.70. The predicted molar refractivity (Wildman–Crippen MR) is 205 cm³/mol. The van der Waals surface area contributed by atoms with Crippen LogP contribution in [0.25, 0.3) is 0 Å². The molecule has 8 atom stereocenters. The van der Waals surface area contributed by atoms with Crippen LogP contribution in [-0.2, 0) is 28.7 Å². The number of hydrogen-bond acceptors (Lipinski definition) is 8. The largest absolute Gasteiger partial charge is 0.455 e. The molecule has 0 radical (unpaired) electrons. The first-order valence-corrected chi connectivity index (χ1v) is 19.1. The molecular weight excluding hydrogens is 672 g/mol. The number of likely N-dealkylation sites (tertiary alicyclic amines) is 1. The first kappa shape index (κ1) is 39.7. The molecule has 1 spiro atoms. The van der Waals surface area contributed by atoms with Crippen molar-refractivity contribution in [3.8, 4) is 0 Å². The van der Waals surface area contributed by atoms with E-state index in [1.807, 2.05) is 68.4 Å². The van der Waals surface area contributed by atoms with E-state index in [1.54, 1.807) is 17.1 Å². The molecule has 0 unspecified atom stereocenters. The van der Waals surface area contributed by atoms with Gasteiger partial charge in [-0.2, -0.15) is 0 Å². The molecule has 3 amide bonds. The van der Waals surface area contributed by atoms with Crippen molar-refractivity contribution in [2.24, 2.45) is 17.8 Å². The molecule has 5 rings (SSSR count). The maximum absolute atomic E-state index is 15.1. The number of rotatable bonds is 19. The number of aliphatic hydroxyl groups excluding tert-OH is 1. The molecule has 0 saturated carbocycles. The third-order valence-electron chi connectivity index (χ3n) is 11.4. The van der Waals surface area contributed by atoms with E-state index in [4.69, 9.17) is 9.47 Å². The van der Waals surface area contributed by atoms with Crippen LogP contribution in [0.2, 0.25) is 0 Å². The highest BCUT2D eigenvalue weighted by atomic mass is 16.6. The van der Waals surface area contributed by atoms with E-state index < -0.39 is 53.6 Å². The number of aliphatic hydroxyl groups is 1. The lowest BCUT2D eigenvalue weighted by Crippen LogP contribution is -2.60. The smallest absolute Gasteiger partial charge is 0.313 e. The Morgan fingerprint density at radius 2 is 1.74 bits per heavy atom. The number of amides is 3. The van der Waals surface area contributed by atoms with Gasteiger partial charge in [0.25, 0.3) is 5.91 Å². The maximum Gasteiger partial charge on any atom is 0.313 e. The molecule has 3 fully saturated rings. The summed E-state index contributed by atoms with van der Waals surface area (Å²) in [7, 11) is 0. The summed E-state index contributed by atoms with van der Waals surface area (Å²) in [5, 5.41) is 13.7. The van der Waals surface area contributed by atoms with E-state index in [2.05, 4.69) is 37.2 Å². The van der Waals surface area contributed by atoms with Gasteiger partial charge in [0.05, 0.1) is 37.1 Å². The van der Waals surface area contributed by atoms with Crippen LogP contribution in [0, 0.1) is 17.8 Å². The summed E-state index contributed by atoms with van der Waals surface area (Å²) in [4.78, 5) is 62.2. The van der Waals surface area contributed by atoms with Crippen LogP contribution in [-0.4, -0.2) is 90.3 Å². The lowest BCUT2D eigenvalue weighted by Gasteiger charge is -2.41. The van der Waals surface area contributed by atoms with Crippen LogP contribution in [0.3, 0.4) is 0 Å². The molecule has 2 N–H and O–H groups in total. The minimum absolute atomic E-state index is 0.0468. The fraction of sp³-hybridized carbons (Fsp3) is 0.524. The second-order valence-corrected chi connectivity index (χ2v) is 14.3. The summed E-state index contributed by atoms with van der Waals surface area (Å²) < 4.78 is 12.9. The van der Waals surface area contributed by atoms with Crippen LogP contribution in [0.1, 0.15) is 71.5 Å². The quantitative estimate of drug-likeness (QED) is 0.149. The number of fused-ring (bicyclic) bond motifs is 1. The molecule has 3 heterocycles. The van der Waals surface area contributed by atoms with Gasteiger partial charge in [-0.25, -0.2) is 0 Å². The highest BCUT2D eigenvalue weighted by Crippen LogP contribution is 2.59. The van der Waals surface area contributed by atoms with Crippen molar-refractivity contribution in [3.05, 3.63) is 85.5 Å². The van der Waals surface area contributed by atoms with Gasteiger partial charge in [0.2, 0.25) is 11.8 Å². The zero-order valence-electron chi connectivity index (χ0n) is 31.6. The normalized spacial score (nSPS) is 24.5. The zero-order valence-corrected chi connectivity index (χ0v) is 31.6. The van der Waals surface area contributed by atoms with Gasteiger partial charge in [0, 0.05) is 37.4 Å². The molecule has 0 aromatic heterocycles. The molecule has 0 aliphatic carbocycles. The Labute approximate surface area is 314 Å². The second kappa shape index (κ2) is 17.6. The average Bonchev–Trinajstić information content (AvgIpc) is 3.83. The van der Waals surface area contributed by atoms with Gasteiger partial charge in [0.1, 0.15) is 17.7 Å². The molecule has 3 saturated heterocycles. The van der Waals surface area contributed by atoms with Gasteiger partial charge >= 0.3 is 5.97 Å². The number of carbonyl (C=O) groups is 4. The number of nitrogens with one attached hydrogen (secondary N) is 1. The molecule has 3 aliphatic heterocycles. The van der Waals surface area contributed by atoms with E-state index in [0.717, 1.165) is 18.8 Å². The average molecular weight is 729 g/mol. The van der Waals surface area contributed by atoms with Gasteiger partial charge in [0.15, 0.2) is 0 Å². The molecule has 2 aromatic carbocycles. The predicted octanol–water partition coefficient (Wildman–Crippen LogP) is 5.20. The fourth-order valence-corrected chi connectivity index (χ4v) is 8.48. The van der Waals surface area contributed by atoms with Crippen molar-refractivity contribution in [2.45, 2.75) is 89.7 Å². The Bertz CT molecular complexity index is 1610. The third-order valence-corrected chi connectivity index (χ3v) is 11.4. The number of allylic oxidation sites excluding steroid dienone is 1. The molecule has 11 heteroatoms. The van der Waals surface area contributed by atoms with Gasteiger partial charge in [-0.15, -0.1) is 13.2 Å². The third kappa shape index (κ3) is 7.78. The summed E-state index contributed by atoms with van der Waals surface area (Å²) in [6, 6.07) is 15.1. The Morgan fingerprint density at radius 3 is 2.34 bits per heavy atom. The summed E-state index contributed by atoms with van der Waals surface area (Å²) in [6.45, 7) is 17.3. The number of hydrogen-bond donors (Lipinski definition) is 2. The summed E-state index contributed by atoms with van der Waals surface area (Å²) in [6.07, 6.45) is 4.16. The van der Waals surface area contributed by atoms with E-state index >= 15 is 4.79 Å². The summed E-state index contributed by atoms with van der Waals surface area (Å²) in [5.41, 5.74) is 1.07. The van der Waals surface area contributed by atoms with Crippen LogP contribution >= 0.6 is 0 Å². The van der Waals surface area contributed by atoms with Crippen molar-refractivity contribution < 1.29 is 33.8 Å². The molecule has 2 aromatic rings. The minimum Gasteiger partial charge on any atom is -0.455 e. The second-order valence-electron chi connectivity index (χ2n) is 14.3. The number of anilines is 2. The Hall–Kier alpha value is -4.48. The van der Waals surface area contributed by atoms with Gasteiger partial charge in [-0.3, -0.25) is 19.2 Å². The molecule has 2 bridgehead atoms. The highest BCUT2D eigenvalue weighted by Gasteiger charge is 2.76. The van der Waals surface area contributed by atoms with Crippen molar-refractivity contribution in [1.29, 1.82) is 0 Å². The fourth-order valence-electron chi connectivity index (χ4n) is 8.48. The van der Waals surface area contributed by atoms with E-state index in [9.17, 15) is 19.5 Å². The number of esters is 1. The van der Waals surface area contributed by atoms with Gasteiger partial charge < -0.3 is 34.6 Å². The number of ether oxygens (including phenoxy) is 2. The number of benzene rings is 2. The number of carbonyl (C=O) groups excluding carboxylic acids is 4. The van der Waals surface area contributed by atoms with Crippen molar-refractivity contribution >= 4 is 35.1 Å². The first-order chi connectivity index (χ1) is 25.6. The number of nitrogens with zero attached hydrogens (tertiary/aromatic N) is 3. The monoisotopic (exact) mass is 728 g/mol. The molecule has 3 aliphatic rings.